The molecule has 1 aromatic heterocycles. The molecular formula is C10H20N4O. The number of aliphatic hydroxyl groups is 1. The van der Waals surface area contributed by atoms with Gasteiger partial charge in [-0.1, -0.05) is 13.8 Å². The molecule has 5 heteroatoms. The van der Waals surface area contributed by atoms with Crippen LogP contribution in [0.1, 0.15) is 13.8 Å². The Labute approximate surface area is 90.5 Å². The molecule has 0 aliphatic heterocycles. The molecule has 0 radical (unpaired) electrons. The Morgan fingerprint density at radius 1 is 1.53 bits per heavy atom. The van der Waals surface area contributed by atoms with Crippen molar-refractivity contribution in [2.45, 2.75) is 26.5 Å². The van der Waals surface area contributed by atoms with E-state index in [4.69, 9.17) is 5.73 Å². The highest BCUT2D eigenvalue weighted by atomic mass is 16.3. The molecule has 0 aliphatic rings. The molecule has 5 nitrogen and oxygen atoms in total. The summed E-state index contributed by atoms with van der Waals surface area (Å²) < 4.78 is 1.76. The van der Waals surface area contributed by atoms with Crippen molar-refractivity contribution in [1.82, 2.24) is 14.5 Å². The van der Waals surface area contributed by atoms with E-state index in [-0.39, 0.29) is 0 Å². The van der Waals surface area contributed by atoms with Crippen molar-refractivity contribution >= 4 is 5.95 Å². The van der Waals surface area contributed by atoms with Crippen LogP contribution < -0.4 is 5.73 Å². The molecule has 3 N–H and O–H groups in total. The predicted molar refractivity (Wildman–Crippen MR) is 60.4 cm³/mol. The number of rotatable bonds is 6. The van der Waals surface area contributed by atoms with Gasteiger partial charge in [0.2, 0.25) is 0 Å². The number of imidazole rings is 1. The lowest BCUT2D eigenvalue weighted by molar-refractivity contribution is 0.103. The first kappa shape index (κ1) is 12.0. The smallest absolute Gasteiger partial charge is 0.200 e. The molecule has 0 saturated carbocycles. The van der Waals surface area contributed by atoms with Crippen molar-refractivity contribution in [3.63, 3.8) is 0 Å². The second kappa shape index (κ2) is 5.72. The van der Waals surface area contributed by atoms with Crippen LogP contribution in [-0.4, -0.2) is 45.3 Å². The van der Waals surface area contributed by atoms with Crippen LogP contribution in [0.15, 0.2) is 12.4 Å². The first-order chi connectivity index (χ1) is 7.17. The van der Waals surface area contributed by atoms with Gasteiger partial charge in [-0.25, -0.2) is 4.98 Å². The molecule has 0 bridgehead atoms. The van der Waals surface area contributed by atoms with E-state index in [2.05, 4.69) is 23.7 Å². The molecule has 0 aromatic carbocycles. The van der Waals surface area contributed by atoms with Crippen LogP contribution in [0.3, 0.4) is 0 Å². The molecule has 0 aliphatic carbocycles. The molecule has 1 aromatic rings. The Morgan fingerprint density at radius 2 is 2.20 bits per heavy atom. The monoisotopic (exact) mass is 212 g/mol. The van der Waals surface area contributed by atoms with Crippen LogP contribution in [0.25, 0.3) is 0 Å². The SMILES string of the molecule is CCN(CC)CC(O)Cn1ccnc1N. The van der Waals surface area contributed by atoms with Crippen LogP contribution in [0.2, 0.25) is 0 Å². The van der Waals surface area contributed by atoms with Gasteiger partial charge in [-0.3, -0.25) is 0 Å². The molecular weight excluding hydrogens is 192 g/mol. The minimum Gasteiger partial charge on any atom is -0.390 e. The van der Waals surface area contributed by atoms with Crippen LogP contribution >= 0.6 is 0 Å². The normalized spacial score (nSPS) is 13.3. The molecule has 86 valence electrons. The highest BCUT2D eigenvalue weighted by Gasteiger charge is 2.10. The lowest BCUT2D eigenvalue weighted by Crippen LogP contribution is -2.34. The summed E-state index contributed by atoms with van der Waals surface area (Å²) in [5.41, 5.74) is 5.61. The maximum Gasteiger partial charge on any atom is 0.200 e. The summed E-state index contributed by atoms with van der Waals surface area (Å²) in [6, 6.07) is 0. The zero-order valence-corrected chi connectivity index (χ0v) is 9.43. The number of hydrogen-bond acceptors (Lipinski definition) is 4. The van der Waals surface area contributed by atoms with Gasteiger partial charge in [0.15, 0.2) is 5.95 Å². The first-order valence-electron chi connectivity index (χ1n) is 5.34. The lowest BCUT2D eigenvalue weighted by Gasteiger charge is -2.22. The molecule has 1 rings (SSSR count). The summed E-state index contributed by atoms with van der Waals surface area (Å²) in [6.45, 7) is 7.25. The Balaban J connectivity index is 2.42. The van der Waals surface area contributed by atoms with Crippen LogP contribution in [0.5, 0.6) is 0 Å². The van der Waals surface area contributed by atoms with Crippen molar-refractivity contribution in [2.24, 2.45) is 0 Å². The molecule has 0 spiro atoms. The molecule has 0 fully saturated rings. The van der Waals surface area contributed by atoms with E-state index in [1.165, 1.54) is 0 Å². The van der Waals surface area contributed by atoms with Crippen molar-refractivity contribution in [3.05, 3.63) is 12.4 Å². The van der Waals surface area contributed by atoms with E-state index in [1.807, 2.05) is 0 Å². The van der Waals surface area contributed by atoms with Gasteiger partial charge in [-0.15, -0.1) is 0 Å². The number of hydrogen-bond donors (Lipinski definition) is 2. The van der Waals surface area contributed by atoms with Gasteiger partial charge in [0.1, 0.15) is 0 Å². The van der Waals surface area contributed by atoms with Crippen molar-refractivity contribution in [2.75, 3.05) is 25.4 Å². The number of nitrogens with two attached hydrogens (primary N) is 1. The zero-order chi connectivity index (χ0) is 11.3. The Hall–Kier alpha value is -1.07. The third kappa shape index (κ3) is 3.53. The largest absolute Gasteiger partial charge is 0.390 e. The number of nitrogens with zero attached hydrogens (tertiary/aromatic N) is 3. The standard InChI is InChI=1S/C10H20N4O/c1-3-13(4-2)7-9(15)8-14-6-5-12-10(14)11/h5-6,9,15H,3-4,7-8H2,1-2H3,(H2,11,12). The second-order valence-corrected chi connectivity index (χ2v) is 3.58. The van der Waals surface area contributed by atoms with Gasteiger partial charge in [0.05, 0.1) is 12.6 Å². The third-order valence-corrected chi connectivity index (χ3v) is 2.52. The molecule has 0 saturated heterocycles. The topological polar surface area (TPSA) is 67.3 Å². The van der Waals surface area contributed by atoms with Gasteiger partial charge in [-0.05, 0) is 13.1 Å². The van der Waals surface area contributed by atoms with E-state index in [0.717, 1.165) is 13.1 Å². The number of aliphatic hydroxyl groups excluding tert-OH is 1. The fraction of sp³-hybridized carbons (Fsp3) is 0.700. The fourth-order valence-corrected chi connectivity index (χ4v) is 1.56. The molecule has 1 heterocycles. The van der Waals surface area contributed by atoms with Gasteiger partial charge >= 0.3 is 0 Å². The van der Waals surface area contributed by atoms with Gasteiger partial charge in [0, 0.05) is 18.9 Å². The number of anilines is 1. The minimum absolute atomic E-state index is 0.401. The average molecular weight is 212 g/mol. The van der Waals surface area contributed by atoms with Crippen molar-refractivity contribution in [3.8, 4) is 0 Å². The van der Waals surface area contributed by atoms with Gasteiger partial charge in [-0.2, -0.15) is 0 Å². The lowest BCUT2D eigenvalue weighted by atomic mass is 10.3. The van der Waals surface area contributed by atoms with Crippen molar-refractivity contribution in [1.29, 1.82) is 0 Å². The summed E-state index contributed by atoms with van der Waals surface area (Å²) in [6.07, 6.45) is 3.02. The summed E-state index contributed by atoms with van der Waals surface area (Å²) in [5, 5.41) is 9.83. The summed E-state index contributed by atoms with van der Waals surface area (Å²) in [5.74, 6) is 0.452. The second-order valence-electron chi connectivity index (χ2n) is 3.58. The Bertz CT molecular complexity index is 283. The van der Waals surface area contributed by atoms with E-state index >= 15 is 0 Å². The molecule has 0 amide bonds. The maximum atomic E-state index is 9.83. The number of nitrogen functional groups attached to an aromatic ring is 1. The van der Waals surface area contributed by atoms with E-state index in [9.17, 15) is 5.11 Å². The quantitative estimate of drug-likeness (QED) is 0.705. The van der Waals surface area contributed by atoms with E-state index in [1.54, 1.807) is 17.0 Å². The fourth-order valence-electron chi connectivity index (χ4n) is 1.56. The van der Waals surface area contributed by atoms with Crippen LogP contribution in [-0.2, 0) is 6.54 Å². The predicted octanol–water partition coefficient (Wildman–Crippen LogP) is 0.168. The molecule has 1 unspecified atom stereocenters. The highest BCUT2D eigenvalue weighted by molar-refractivity contribution is 5.16. The Morgan fingerprint density at radius 3 is 2.67 bits per heavy atom. The zero-order valence-electron chi connectivity index (χ0n) is 9.43. The van der Waals surface area contributed by atoms with Crippen molar-refractivity contribution < 1.29 is 5.11 Å². The van der Waals surface area contributed by atoms with E-state index < -0.39 is 6.10 Å². The maximum absolute atomic E-state index is 9.83. The van der Waals surface area contributed by atoms with Crippen LogP contribution in [0.4, 0.5) is 5.95 Å². The van der Waals surface area contributed by atoms with Gasteiger partial charge < -0.3 is 20.3 Å². The number of aromatic nitrogens is 2. The summed E-state index contributed by atoms with van der Waals surface area (Å²) in [4.78, 5) is 6.08. The van der Waals surface area contributed by atoms with Gasteiger partial charge in [0.25, 0.3) is 0 Å². The minimum atomic E-state index is -0.401. The van der Waals surface area contributed by atoms with Crippen LogP contribution in [0, 0.1) is 0 Å². The number of likely N-dealkylation sites (N-methyl/N-ethyl adjacent to an activating group) is 1. The average Bonchev–Trinajstić information content (AvgIpc) is 2.61. The molecule has 15 heavy (non-hydrogen) atoms. The first-order valence-corrected chi connectivity index (χ1v) is 5.34. The Kier molecular flexibility index (Phi) is 4.58. The third-order valence-electron chi connectivity index (χ3n) is 2.52. The molecule has 1 atom stereocenters. The van der Waals surface area contributed by atoms with E-state index in [0.29, 0.717) is 19.0 Å². The summed E-state index contributed by atoms with van der Waals surface area (Å²) >= 11 is 0. The highest BCUT2D eigenvalue weighted by Crippen LogP contribution is 2.02. The summed E-state index contributed by atoms with van der Waals surface area (Å²) in [7, 11) is 0.